The fourth-order valence-corrected chi connectivity index (χ4v) is 3.52. The number of carbonyl (C=O) groups is 1. The Labute approximate surface area is 173 Å². The number of H-pyrrole nitrogens is 1. The minimum absolute atomic E-state index is 0.798. The first-order valence-corrected chi connectivity index (χ1v) is 9.59. The summed E-state index contributed by atoms with van der Waals surface area (Å²) < 4.78 is 0. The highest BCUT2D eigenvalue weighted by molar-refractivity contribution is 6.00. The van der Waals surface area contributed by atoms with Gasteiger partial charge in [-0.15, -0.1) is 0 Å². The fourth-order valence-electron chi connectivity index (χ4n) is 3.52. The molecule has 0 saturated carbocycles. The average molecular weight is 396 g/mol. The molecule has 4 aromatic rings. The molecule has 2 aromatic carbocycles. The van der Waals surface area contributed by atoms with Gasteiger partial charge in [0.2, 0.25) is 0 Å². The molecule has 30 heavy (non-hydrogen) atoms. The average Bonchev–Trinajstić information content (AvgIpc) is 3.25. The molecule has 0 aliphatic rings. The predicted molar refractivity (Wildman–Crippen MR) is 117 cm³/mol. The number of allylic oxidation sites excluding steroid dienone is 1. The van der Waals surface area contributed by atoms with Gasteiger partial charge in [-0.2, -0.15) is 5.10 Å². The monoisotopic (exact) mass is 396 g/mol. The normalized spacial score (nSPS) is 12.3. The maximum Gasteiger partial charge on any atom is 0.328 e. The molecule has 2 aromatic heterocycles. The number of nitrogens with zero attached hydrogens (tertiary/aromatic N) is 3. The zero-order valence-electron chi connectivity index (χ0n) is 16.4. The molecule has 0 radical (unpaired) electrons. The number of carboxylic acids is 1. The molecule has 2 heterocycles. The molecule has 0 fully saturated rings. The number of nitrogens with one attached hydrogen (secondary N) is 1. The van der Waals surface area contributed by atoms with Crippen molar-refractivity contribution in [2.45, 2.75) is 13.3 Å². The van der Waals surface area contributed by atoms with Crippen LogP contribution in [-0.2, 0) is 4.79 Å². The lowest BCUT2D eigenvalue weighted by Crippen LogP contribution is -1.96. The van der Waals surface area contributed by atoms with E-state index >= 15 is 0 Å². The van der Waals surface area contributed by atoms with Gasteiger partial charge in [-0.1, -0.05) is 37.3 Å². The molecule has 6 heteroatoms. The molecular formula is C24H20N4O2. The van der Waals surface area contributed by atoms with Crippen LogP contribution in [-0.4, -0.2) is 31.2 Å². The van der Waals surface area contributed by atoms with Gasteiger partial charge in [0, 0.05) is 29.4 Å². The van der Waals surface area contributed by atoms with Crippen LogP contribution in [0.2, 0.25) is 0 Å². The summed E-state index contributed by atoms with van der Waals surface area (Å²) in [6.45, 7) is 2.11. The van der Waals surface area contributed by atoms with E-state index in [9.17, 15) is 4.79 Å². The third kappa shape index (κ3) is 4.03. The highest BCUT2D eigenvalue weighted by Crippen LogP contribution is 2.35. The van der Waals surface area contributed by atoms with Crippen LogP contribution in [0.15, 0.2) is 73.5 Å². The maximum absolute atomic E-state index is 10.8. The number of fused-ring (bicyclic) bond motifs is 1. The van der Waals surface area contributed by atoms with Crippen molar-refractivity contribution in [1.29, 1.82) is 0 Å². The van der Waals surface area contributed by atoms with Crippen molar-refractivity contribution in [1.82, 2.24) is 20.2 Å². The van der Waals surface area contributed by atoms with Crippen LogP contribution in [0.5, 0.6) is 0 Å². The maximum atomic E-state index is 10.8. The largest absolute Gasteiger partial charge is 0.478 e. The number of aromatic amines is 1. The fraction of sp³-hybridized carbons (Fsp3) is 0.0833. The van der Waals surface area contributed by atoms with Crippen LogP contribution in [0.3, 0.4) is 0 Å². The van der Waals surface area contributed by atoms with Crippen LogP contribution in [0, 0.1) is 0 Å². The third-order valence-corrected chi connectivity index (χ3v) is 4.91. The van der Waals surface area contributed by atoms with Gasteiger partial charge < -0.3 is 5.11 Å². The Morgan fingerprint density at radius 3 is 2.43 bits per heavy atom. The summed E-state index contributed by atoms with van der Waals surface area (Å²) in [4.78, 5) is 19.2. The minimum Gasteiger partial charge on any atom is -0.478 e. The molecule has 6 nitrogen and oxygen atoms in total. The predicted octanol–water partition coefficient (Wildman–Crippen LogP) is 4.82. The van der Waals surface area contributed by atoms with E-state index in [2.05, 4.69) is 39.2 Å². The first-order chi connectivity index (χ1) is 14.7. The highest BCUT2D eigenvalue weighted by atomic mass is 16.4. The zero-order valence-corrected chi connectivity index (χ0v) is 16.4. The molecule has 0 saturated heterocycles. The van der Waals surface area contributed by atoms with Crippen molar-refractivity contribution in [3.63, 3.8) is 0 Å². The first-order valence-electron chi connectivity index (χ1n) is 9.59. The van der Waals surface area contributed by atoms with Crippen molar-refractivity contribution in [3.05, 3.63) is 95.7 Å². The van der Waals surface area contributed by atoms with Gasteiger partial charge in [-0.05, 0) is 52.5 Å². The summed E-state index contributed by atoms with van der Waals surface area (Å²) >= 11 is 0. The van der Waals surface area contributed by atoms with E-state index in [0.29, 0.717) is 0 Å². The highest BCUT2D eigenvalue weighted by Gasteiger charge is 2.14. The van der Waals surface area contributed by atoms with Crippen LogP contribution in [0.4, 0.5) is 0 Å². The Kier molecular flexibility index (Phi) is 5.48. The van der Waals surface area contributed by atoms with Gasteiger partial charge in [-0.3, -0.25) is 5.10 Å². The molecule has 0 atom stereocenters. The number of aromatic nitrogens is 4. The Hall–Kier alpha value is -4.06. The molecule has 0 amide bonds. The van der Waals surface area contributed by atoms with E-state index < -0.39 is 5.97 Å². The molecule has 0 aliphatic heterocycles. The number of hydrogen-bond donors (Lipinski definition) is 2. The molecule has 0 spiro atoms. The van der Waals surface area contributed by atoms with E-state index in [1.807, 2.05) is 48.9 Å². The topological polar surface area (TPSA) is 91.8 Å². The van der Waals surface area contributed by atoms with E-state index in [1.165, 1.54) is 6.33 Å². The van der Waals surface area contributed by atoms with Crippen molar-refractivity contribution in [2.24, 2.45) is 0 Å². The van der Waals surface area contributed by atoms with E-state index in [0.717, 1.165) is 56.8 Å². The summed E-state index contributed by atoms with van der Waals surface area (Å²) in [5.41, 5.74) is 7.10. The van der Waals surface area contributed by atoms with Crippen molar-refractivity contribution >= 4 is 34.1 Å². The van der Waals surface area contributed by atoms with Crippen molar-refractivity contribution < 1.29 is 9.90 Å². The summed E-state index contributed by atoms with van der Waals surface area (Å²) in [5.74, 6) is -0.967. The lowest BCUT2D eigenvalue weighted by Gasteiger charge is -2.16. The Morgan fingerprint density at radius 2 is 1.73 bits per heavy atom. The number of rotatable bonds is 6. The van der Waals surface area contributed by atoms with Crippen LogP contribution in [0.1, 0.15) is 35.6 Å². The molecule has 0 unspecified atom stereocenters. The van der Waals surface area contributed by atoms with Crippen molar-refractivity contribution in [2.75, 3.05) is 0 Å². The molecule has 148 valence electrons. The molecule has 2 N–H and O–H groups in total. The summed E-state index contributed by atoms with van der Waals surface area (Å²) in [7, 11) is 0. The van der Waals surface area contributed by atoms with Crippen LogP contribution in [0.25, 0.3) is 28.1 Å². The van der Waals surface area contributed by atoms with Gasteiger partial charge in [0.15, 0.2) is 0 Å². The number of carboxylic acid groups (broad SMARTS) is 1. The zero-order chi connectivity index (χ0) is 20.9. The smallest absolute Gasteiger partial charge is 0.328 e. The lowest BCUT2D eigenvalue weighted by molar-refractivity contribution is -0.131. The Bertz CT molecular complexity index is 1240. The van der Waals surface area contributed by atoms with Gasteiger partial charge in [0.05, 0.1) is 11.7 Å². The van der Waals surface area contributed by atoms with Gasteiger partial charge in [0.25, 0.3) is 0 Å². The van der Waals surface area contributed by atoms with E-state index in [-0.39, 0.29) is 0 Å². The SMILES string of the molecule is CC/C(=C(/c1ccc(/C=C/C(=O)O)cc1)c1ccc2[nH]ncc2c1)c1cncnc1. The second-order valence-corrected chi connectivity index (χ2v) is 6.80. The standard InChI is InChI=1S/C24H20N4O2/c1-2-21(20-12-25-15-26-13-20)24(18-8-9-22-19(11-18)14-27-28-22)17-6-3-16(4-7-17)5-10-23(29)30/h3-15H,2H2,1H3,(H,27,28)(H,29,30)/b10-5+,24-21+. The number of benzene rings is 2. The van der Waals surface area contributed by atoms with Crippen LogP contribution >= 0.6 is 0 Å². The molecule has 0 aliphatic carbocycles. The van der Waals surface area contributed by atoms with E-state index in [1.54, 1.807) is 6.08 Å². The van der Waals surface area contributed by atoms with Gasteiger partial charge >= 0.3 is 5.97 Å². The first kappa shape index (κ1) is 19.3. The number of aliphatic carboxylic acids is 1. The summed E-state index contributed by atoms with van der Waals surface area (Å²) in [5, 5.41) is 17.0. The van der Waals surface area contributed by atoms with Gasteiger partial charge in [-0.25, -0.2) is 14.8 Å². The lowest BCUT2D eigenvalue weighted by atomic mass is 9.88. The van der Waals surface area contributed by atoms with E-state index in [4.69, 9.17) is 5.11 Å². The molecular weight excluding hydrogens is 376 g/mol. The second kappa shape index (κ2) is 8.53. The summed E-state index contributed by atoms with van der Waals surface area (Å²) in [6, 6.07) is 14.1. The molecule has 0 bridgehead atoms. The van der Waals surface area contributed by atoms with Crippen molar-refractivity contribution in [3.8, 4) is 0 Å². The molecule has 4 rings (SSSR count). The second-order valence-electron chi connectivity index (χ2n) is 6.80. The third-order valence-electron chi connectivity index (χ3n) is 4.91. The quantitative estimate of drug-likeness (QED) is 0.456. The minimum atomic E-state index is -0.967. The Morgan fingerprint density at radius 1 is 1.00 bits per heavy atom. The summed E-state index contributed by atoms with van der Waals surface area (Å²) in [6.07, 6.45) is 10.5. The number of hydrogen-bond acceptors (Lipinski definition) is 4. The van der Waals surface area contributed by atoms with Crippen LogP contribution < -0.4 is 0 Å². The Balaban J connectivity index is 1.89. The van der Waals surface area contributed by atoms with Gasteiger partial charge in [0.1, 0.15) is 6.33 Å².